The molecule has 0 bridgehead atoms. The minimum absolute atomic E-state index is 0. The third-order valence-corrected chi connectivity index (χ3v) is 3.41. The average molecular weight is 242 g/mol. The number of aryl methyl sites for hydroxylation is 1. The molecule has 1 N–H and O–H groups in total. The van der Waals surface area contributed by atoms with Gasteiger partial charge in [-0.1, -0.05) is 6.92 Å². The fourth-order valence-corrected chi connectivity index (χ4v) is 2.20. The van der Waals surface area contributed by atoms with Crippen molar-refractivity contribution in [1.82, 2.24) is 10.2 Å². The molecule has 0 atom stereocenters. The topological polar surface area (TPSA) is 32.3 Å². The molecule has 1 amide bonds. The van der Waals surface area contributed by atoms with Crippen molar-refractivity contribution in [2.75, 3.05) is 27.2 Å². The van der Waals surface area contributed by atoms with E-state index in [1.807, 2.05) is 25.5 Å². The van der Waals surface area contributed by atoms with E-state index < -0.39 is 0 Å². The first-order chi connectivity index (χ1) is 7.63. The lowest BCUT2D eigenvalue weighted by Crippen LogP contribution is -2.26. The van der Waals surface area contributed by atoms with Crippen LogP contribution < -0.4 is 5.32 Å². The van der Waals surface area contributed by atoms with Crippen LogP contribution in [0.5, 0.6) is 0 Å². The van der Waals surface area contributed by atoms with Crippen LogP contribution in [0, 0.1) is 0 Å². The van der Waals surface area contributed by atoms with Gasteiger partial charge in [-0.2, -0.15) is 0 Å². The fourth-order valence-electron chi connectivity index (χ4n) is 1.38. The Morgan fingerprint density at radius 1 is 1.56 bits per heavy atom. The summed E-state index contributed by atoms with van der Waals surface area (Å²) < 4.78 is 0. The second-order valence-electron chi connectivity index (χ2n) is 4.07. The number of hydrogen-bond donors (Lipinski definition) is 1. The highest BCUT2D eigenvalue weighted by Gasteiger charge is 2.06. The van der Waals surface area contributed by atoms with Gasteiger partial charge in [-0.25, -0.2) is 0 Å². The highest BCUT2D eigenvalue weighted by atomic mass is 32.1. The van der Waals surface area contributed by atoms with Crippen LogP contribution in [0.25, 0.3) is 0 Å². The van der Waals surface area contributed by atoms with Crippen LogP contribution in [0.2, 0.25) is 0 Å². The van der Waals surface area contributed by atoms with Gasteiger partial charge in [-0.15, -0.1) is 11.3 Å². The molecule has 0 fully saturated rings. The Labute approximate surface area is 103 Å². The van der Waals surface area contributed by atoms with Crippen molar-refractivity contribution in [2.24, 2.45) is 0 Å². The zero-order chi connectivity index (χ0) is 12.0. The zero-order valence-electron chi connectivity index (χ0n) is 10.2. The Kier molecular flexibility index (Phi) is 5.49. The van der Waals surface area contributed by atoms with Crippen molar-refractivity contribution >= 4 is 17.2 Å². The molecule has 92 valence electrons. The molecule has 1 aromatic heterocycles. The first-order valence-corrected chi connectivity index (χ1v) is 6.51. The number of thiophene rings is 1. The molecule has 16 heavy (non-hydrogen) atoms. The molecule has 0 aliphatic carbocycles. The summed E-state index contributed by atoms with van der Waals surface area (Å²) in [7, 11) is 4.07. The molecule has 1 rings (SSSR count). The van der Waals surface area contributed by atoms with Gasteiger partial charge in [0.25, 0.3) is 5.91 Å². The second-order valence-corrected chi connectivity index (χ2v) is 5.06. The fraction of sp³-hybridized carbons (Fsp3) is 0.583. The maximum absolute atomic E-state index is 11.7. The van der Waals surface area contributed by atoms with Crippen molar-refractivity contribution < 1.29 is 6.22 Å². The highest BCUT2D eigenvalue weighted by molar-refractivity contribution is 7.10. The maximum atomic E-state index is 11.7. The molecule has 0 aliphatic heterocycles. The molecule has 0 spiro atoms. The van der Waals surface area contributed by atoms with Crippen LogP contribution >= 0.6 is 11.3 Å². The first kappa shape index (κ1) is 13.2. The van der Waals surface area contributed by atoms with Gasteiger partial charge in [0.2, 0.25) is 0 Å². The predicted molar refractivity (Wildman–Crippen MR) is 71.3 cm³/mol. The van der Waals surface area contributed by atoms with E-state index >= 15 is 0 Å². The Morgan fingerprint density at radius 3 is 2.88 bits per heavy atom. The highest BCUT2D eigenvalue weighted by Crippen LogP contribution is 2.14. The number of carbonyl (C=O) groups excluding carboxylic acids is 1. The van der Waals surface area contributed by atoms with Crippen LogP contribution in [0.15, 0.2) is 11.4 Å². The molecular formula is C12H22N2OS. The van der Waals surface area contributed by atoms with Gasteiger partial charge in [-0.05, 0) is 39.5 Å². The lowest BCUT2D eigenvalue weighted by atomic mass is 10.2. The SMILES string of the molecule is CCc1cc(C(=O)NCCCN(C)C)cs1.[HH]. The van der Waals surface area contributed by atoms with Crippen LogP contribution in [-0.2, 0) is 6.42 Å². The molecule has 1 heterocycles. The van der Waals surface area contributed by atoms with E-state index in [-0.39, 0.29) is 7.33 Å². The third kappa shape index (κ3) is 4.33. The second kappa shape index (κ2) is 6.66. The monoisotopic (exact) mass is 242 g/mol. The van der Waals surface area contributed by atoms with E-state index in [9.17, 15) is 4.79 Å². The van der Waals surface area contributed by atoms with Gasteiger partial charge < -0.3 is 10.2 Å². The molecule has 3 nitrogen and oxygen atoms in total. The minimum Gasteiger partial charge on any atom is -0.352 e. The molecule has 1 aromatic rings. The maximum Gasteiger partial charge on any atom is 0.252 e. The van der Waals surface area contributed by atoms with Crippen LogP contribution in [0.3, 0.4) is 0 Å². The van der Waals surface area contributed by atoms with Crippen LogP contribution in [0.1, 0.15) is 30.0 Å². The lowest BCUT2D eigenvalue weighted by molar-refractivity contribution is 0.0952. The summed E-state index contributed by atoms with van der Waals surface area (Å²) in [6.07, 6.45) is 1.99. The number of nitrogens with one attached hydrogen (secondary N) is 1. The first-order valence-electron chi connectivity index (χ1n) is 5.63. The Balaban J connectivity index is 0.00000256. The number of carbonyl (C=O) groups is 1. The summed E-state index contributed by atoms with van der Waals surface area (Å²) in [4.78, 5) is 15.1. The summed E-state index contributed by atoms with van der Waals surface area (Å²) in [6, 6.07) is 1.98. The van der Waals surface area contributed by atoms with E-state index in [0.29, 0.717) is 0 Å². The van der Waals surface area contributed by atoms with E-state index in [2.05, 4.69) is 17.1 Å². The lowest BCUT2D eigenvalue weighted by Gasteiger charge is -2.09. The third-order valence-electron chi connectivity index (χ3n) is 2.33. The molecule has 0 saturated heterocycles. The molecule has 0 radical (unpaired) electrons. The summed E-state index contributed by atoms with van der Waals surface area (Å²) >= 11 is 1.65. The van der Waals surface area contributed by atoms with E-state index in [4.69, 9.17) is 0 Å². The Bertz CT molecular complexity index is 339. The number of nitrogens with zero attached hydrogens (tertiary/aromatic N) is 1. The van der Waals surface area contributed by atoms with Crippen molar-refractivity contribution in [3.63, 3.8) is 0 Å². The van der Waals surface area contributed by atoms with Gasteiger partial charge in [0.05, 0.1) is 5.56 Å². The smallest absolute Gasteiger partial charge is 0.252 e. The van der Waals surface area contributed by atoms with Gasteiger partial charge in [0, 0.05) is 18.2 Å². The molecule has 0 saturated carbocycles. The van der Waals surface area contributed by atoms with Gasteiger partial charge in [-0.3, -0.25) is 4.79 Å². The van der Waals surface area contributed by atoms with E-state index in [1.165, 1.54) is 4.88 Å². The van der Waals surface area contributed by atoms with Crippen LogP contribution in [0.4, 0.5) is 0 Å². The average Bonchev–Trinajstić information content (AvgIpc) is 2.72. The van der Waals surface area contributed by atoms with Crippen molar-refractivity contribution in [3.05, 3.63) is 21.9 Å². The zero-order valence-corrected chi connectivity index (χ0v) is 11.1. The van der Waals surface area contributed by atoms with E-state index in [1.54, 1.807) is 11.3 Å². The summed E-state index contributed by atoms with van der Waals surface area (Å²) in [5, 5.41) is 4.86. The molecule has 0 aromatic carbocycles. The summed E-state index contributed by atoms with van der Waals surface area (Å²) in [5.41, 5.74) is 0.798. The number of amides is 1. The number of rotatable bonds is 6. The molecule has 4 heteroatoms. The standard InChI is InChI=1S/C12H20N2OS.H2/c1-4-11-8-10(9-16-11)12(15)13-6-5-7-14(2)3;/h8-9H,4-7H2,1-3H3,(H,13,15);1H. The summed E-state index contributed by atoms with van der Waals surface area (Å²) in [6.45, 7) is 3.85. The van der Waals surface area contributed by atoms with E-state index in [0.717, 1.165) is 31.5 Å². The normalized spacial score (nSPS) is 10.8. The van der Waals surface area contributed by atoms with Crippen LogP contribution in [-0.4, -0.2) is 38.0 Å². The quantitative estimate of drug-likeness (QED) is 0.776. The molecule has 0 aliphatic rings. The van der Waals surface area contributed by atoms with Gasteiger partial charge >= 0.3 is 0 Å². The molecular weight excluding hydrogens is 220 g/mol. The number of hydrogen-bond acceptors (Lipinski definition) is 3. The van der Waals surface area contributed by atoms with Gasteiger partial charge in [0.1, 0.15) is 0 Å². The van der Waals surface area contributed by atoms with Crippen molar-refractivity contribution in [1.29, 1.82) is 0 Å². The minimum atomic E-state index is 0. The van der Waals surface area contributed by atoms with Crippen molar-refractivity contribution in [3.8, 4) is 0 Å². The molecule has 0 unspecified atom stereocenters. The predicted octanol–water partition coefficient (Wildman–Crippen LogP) is 2.24. The van der Waals surface area contributed by atoms with Gasteiger partial charge in [0.15, 0.2) is 0 Å². The largest absolute Gasteiger partial charge is 0.352 e. The van der Waals surface area contributed by atoms with Crippen molar-refractivity contribution in [2.45, 2.75) is 19.8 Å². The Morgan fingerprint density at radius 2 is 2.31 bits per heavy atom. The Hall–Kier alpha value is -0.870. The summed E-state index contributed by atoms with van der Waals surface area (Å²) in [5.74, 6) is 0.0507.